The largest absolute Gasteiger partial charge is 0.488 e. The highest BCUT2D eigenvalue weighted by Crippen LogP contribution is 2.42. The number of alkyl halides is 3. The smallest absolute Gasteiger partial charge is 0.418 e. The number of thiophene rings is 1. The number of hydrogen-bond acceptors (Lipinski definition) is 5. The van der Waals surface area contributed by atoms with Crippen molar-refractivity contribution in [3.63, 3.8) is 0 Å². The first-order chi connectivity index (χ1) is 14.7. The number of ether oxygens (including phenoxy) is 2. The molecule has 31 heavy (non-hydrogen) atoms. The second-order valence-electron chi connectivity index (χ2n) is 6.56. The number of amides is 1. The lowest BCUT2D eigenvalue weighted by Crippen LogP contribution is -2.22. The van der Waals surface area contributed by atoms with Crippen molar-refractivity contribution in [1.82, 2.24) is 0 Å². The number of nitrogens with one attached hydrogen (secondary N) is 1. The molecule has 3 aromatic rings. The van der Waals surface area contributed by atoms with Crippen molar-refractivity contribution >= 4 is 40.5 Å². The van der Waals surface area contributed by atoms with E-state index in [-0.39, 0.29) is 9.90 Å². The second kappa shape index (κ2) is 8.24. The molecule has 1 amide bonds. The lowest BCUT2D eigenvalue weighted by molar-refractivity contribution is -0.137. The molecule has 0 radical (unpaired) electrons. The summed E-state index contributed by atoms with van der Waals surface area (Å²) in [5, 5.41) is 1.98. The molecule has 0 bridgehead atoms. The van der Waals surface area contributed by atoms with Crippen molar-refractivity contribution < 1.29 is 32.2 Å². The van der Waals surface area contributed by atoms with Gasteiger partial charge in [0.05, 0.1) is 11.3 Å². The number of rotatable bonds is 4. The van der Waals surface area contributed by atoms with Gasteiger partial charge in [-0.1, -0.05) is 23.7 Å². The summed E-state index contributed by atoms with van der Waals surface area (Å²) in [7, 11) is 0. The quantitative estimate of drug-likeness (QED) is 0.494. The molecule has 0 atom stereocenters. The van der Waals surface area contributed by atoms with E-state index in [9.17, 15) is 22.8 Å². The third-order valence-corrected chi connectivity index (χ3v) is 5.85. The summed E-state index contributed by atoms with van der Waals surface area (Å²) in [5.74, 6) is -0.949. The van der Waals surface area contributed by atoms with Crippen LogP contribution < -0.4 is 10.1 Å². The first-order valence-electron chi connectivity index (χ1n) is 8.91. The van der Waals surface area contributed by atoms with Gasteiger partial charge in [-0.15, -0.1) is 11.3 Å². The van der Waals surface area contributed by atoms with Gasteiger partial charge < -0.3 is 14.8 Å². The Morgan fingerprint density at radius 1 is 1.16 bits per heavy atom. The van der Waals surface area contributed by atoms with E-state index in [1.165, 1.54) is 17.4 Å². The van der Waals surface area contributed by atoms with Crippen molar-refractivity contribution in [2.75, 3.05) is 11.9 Å². The van der Waals surface area contributed by atoms with E-state index >= 15 is 0 Å². The third kappa shape index (κ3) is 4.52. The molecule has 1 N–H and O–H groups in total. The van der Waals surface area contributed by atoms with Crippen molar-refractivity contribution in [2.45, 2.75) is 12.8 Å². The minimum Gasteiger partial charge on any atom is -0.488 e. The van der Waals surface area contributed by atoms with Gasteiger partial charge in [0.2, 0.25) is 0 Å². The van der Waals surface area contributed by atoms with E-state index in [1.807, 2.05) is 24.3 Å². The number of benzene rings is 2. The standard InChI is InChI=1S/C21H13ClF3NO4S/c22-12-5-6-15(14(8-12)21(23,24)25)26-18(27)10-30-20(28)17-7-11-9-29-16-4-2-1-3-13(16)19(11)31-17/h1-8H,9-10H2,(H,26,27). The molecule has 1 aromatic heterocycles. The molecule has 0 unspecified atom stereocenters. The molecular formula is C21H13ClF3NO4S. The van der Waals surface area contributed by atoms with Crippen molar-refractivity contribution in [3.05, 3.63) is 69.6 Å². The van der Waals surface area contributed by atoms with Crippen LogP contribution in [0.3, 0.4) is 0 Å². The molecule has 0 fully saturated rings. The Morgan fingerprint density at radius 2 is 1.94 bits per heavy atom. The van der Waals surface area contributed by atoms with Crippen LogP contribution in [0.15, 0.2) is 48.5 Å². The molecule has 2 aromatic carbocycles. The van der Waals surface area contributed by atoms with Gasteiger partial charge >= 0.3 is 12.1 Å². The number of halogens is 4. The maximum absolute atomic E-state index is 13.1. The first-order valence-corrected chi connectivity index (χ1v) is 10.1. The van der Waals surface area contributed by atoms with Crippen LogP contribution in [0.2, 0.25) is 5.02 Å². The van der Waals surface area contributed by atoms with E-state index in [1.54, 1.807) is 6.07 Å². The van der Waals surface area contributed by atoms with Crippen LogP contribution in [0.1, 0.15) is 20.8 Å². The zero-order valence-corrected chi connectivity index (χ0v) is 17.2. The molecule has 0 saturated carbocycles. The van der Waals surface area contributed by atoms with Crippen LogP contribution in [-0.4, -0.2) is 18.5 Å². The normalized spacial score (nSPS) is 12.4. The highest BCUT2D eigenvalue weighted by Gasteiger charge is 2.34. The lowest BCUT2D eigenvalue weighted by atomic mass is 10.1. The highest BCUT2D eigenvalue weighted by atomic mass is 35.5. The fraction of sp³-hybridized carbons (Fsp3) is 0.143. The van der Waals surface area contributed by atoms with Crippen molar-refractivity contribution in [3.8, 4) is 16.2 Å². The van der Waals surface area contributed by atoms with Gasteiger partial charge in [0.25, 0.3) is 5.91 Å². The average Bonchev–Trinajstić information content (AvgIpc) is 3.17. The Hall–Kier alpha value is -3.04. The summed E-state index contributed by atoms with van der Waals surface area (Å²) in [4.78, 5) is 25.6. The van der Waals surface area contributed by atoms with E-state index in [2.05, 4.69) is 5.32 Å². The Kier molecular flexibility index (Phi) is 5.63. The predicted octanol–water partition coefficient (Wildman–Crippen LogP) is 5.78. The molecule has 0 aliphatic carbocycles. The molecule has 0 spiro atoms. The maximum atomic E-state index is 13.1. The number of esters is 1. The van der Waals surface area contributed by atoms with Gasteiger partial charge in [-0.05, 0) is 36.4 Å². The second-order valence-corrected chi connectivity index (χ2v) is 8.05. The molecular weight excluding hydrogens is 455 g/mol. The van der Waals surface area contributed by atoms with Crippen LogP contribution in [0.25, 0.3) is 10.4 Å². The van der Waals surface area contributed by atoms with E-state index < -0.39 is 35.9 Å². The first kappa shape index (κ1) is 21.2. The minimum atomic E-state index is -4.71. The summed E-state index contributed by atoms with van der Waals surface area (Å²) in [6, 6.07) is 12.0. The number of carbonyl (C=O) groups excluding carboxylic acids is 2. The highest BCUT2D eigenvalue weighted by molar-refractivity contribution is 7.17. The number of para-hydroxylation sites is 1. The predicted molar refractivity (Wildman–Crippen MR) is 109 cm³/mol. The molecule has 4 rings (SSSR count). The van der Waals surface area contributed by atoms with Crippen LogP contribution in [0.4, 0.5) is 18.9 Å². The Morgan fingerprint density at radius 3 is 2.71 bits per heavy atom. The van der Waals surface area contributed by atoms with E-state index in [0.717, 1.165) is 22.1 Å². The molecule has 0 saturated heterocycles. The molecule has 1 aliphatic rings. The van der Waals surface area contributed by atoms with Crippen LogP contribution in [0, 0.1) is 0 Å². The number of fused-ring (bicyclic) bond motifs is 3. The Labute approximate surface area is 183 Å². The fourth-order valence-electron chi connectivity index (χ4n) is 3.05. The number of carbonyl (C=O) groups is 2. The zero-order valence-electron chi connectivity index (χ0n) is 15.6. The Bertz CT molecular complexity index is 1180. The van der Waals surface area contributed by atoms with Gasteiger partial charge in [0.15, 0.2) is 6.61 Å². The molecule has 2 heterocycles. The topological polar surface area (TPSA) is 64.6 Å². The van der Waals surface area contributed by atoms with Gasteiger partial charge in [0.1, 0.15) is 17.2 Å². The minimum absolute atomic E-state index is 0.121. The number of hydrogen-bond donors (Lipinski definition) is 1. The monoisotopic (exact) mass is 467 g/mol. The molecule has 10 heteroatoms. The van der Waals surface area contributed by atoms with Gasteiger partial charge in [-0.25, -0.2) is 4.79 Å². The number of anilines is 1. The van der Waals surface area contributed by atoms with Crippen LogP contribution >= 0.6 is 22.9 Å². The molecule has 160 valence electrons. The fourth-order valence-corrected chi connectivity index (χ4v) is 4.31. The van der Waals surface area contributed by atoms with Crippen LogP contribution in [-0.2, 0) is 22.3 Å². The molecule has 5 nitrogen and oxygen atoms in total. The summed E-state index contributed by atoms with van der Waals surface area (Å²) < 4.78 is 50.0. The Balaban J connectivity index is 1.43. The summed E-state index contributed by atoms with van der Waals surface area (Å²) in [6.45, 7) is -0.443. The SMILES string of the molecule is O=C(COC(=O)c1cc2c(s1)-c1ccccc1OC2)Nc1ccc(Cl)cc1C(F)(F)F. The van der Waals surface area contributed by atoms with E-state index in [4.69, 9.17) is 21.1 Å². The zero-order chi connectivity index (χ0) is 22.2. The summed E-state index contributed by atoms with van der Waals surface area (Å²) in [6.07, 6.45) is -4.71. The van der Waals surface area contributed by atoms with E-state index in [0.29, 0.717) is 18.4 Å². The van der Waals surface area contributed by atoms with Gasteiger partial charge in [-0.2, -0.15) is 13.2 Å². The lowest BCUT2D eigenvalue weighted by Gasteiger charge is -2.16. The van der Waals surface area contributed by atoms with Crippen LogP contribution in [0.5, 0.6) is 5.75 Å². The summed E-state index contributed by atoms with van der Waals surface area (Å²) in [5.41, 5.74) is 0.103. The molecule has 1 aliphatic heterocycles. The van der Waals surface area contributed by atoms with Gasteiger partial charge in [0, 0.05) is 21.0 Å². The average molecular weight is 468 g/mol. The third-order valence-electron chi connectivity index (χ3n) is 4.42. The van der Waals surface area contributed by atoms with Gasteiger partial charge in [-0.3, -0.25) is 4.79 Å². The van der Waals surface area contributed by atoms with Crippen molar-refractivity contribution in [1.29, 1.82) is 0 Å². The van der Waals surface area contributed by atoms with Crippen molar-refractivity contribution in [2.24, 2.45) is 0 Å². The summed E-state index contributed by atoms with van der Waals surface area (Å²) >= 11 is 6.81. The maximum Gasteiger partial charge on any atom is 0.418 e.